The minimum absolute atomic E-state index is 0.249. The van der Waals surface area contributed by atoms with Crippen LogP contribution in [0.2, 0.25) is 0 Å². The molecule has 0 aromatic carbocycles. The van der Waals surface area contributed by atoms with Crippen LogP contribution in [-0.4, -0.2) is 12.7 Å². The maximum atomic E-state index is 5.48. The minimum Gasteiger partial charge on any atom is -0.369 e. The number of hydrogen-bond donors (Lipinski definition) is 0. The van der Waals surface area contributed by atoms with Crippen LogP contribution in [0.5, 0.6) is 0 Å². The molecule has 1 nitrogen and oxygen atoms in total. The summed E-state index contributed by atoms with van der Waals surface area (Å²) in [7, 11) is 0. The topological polar surface area (TPSA) is 9.23 Å². The summed E-state index contributed by atoms with van der Waals surface area (Å²) in [5.74, 6) is 0. The summed E-state index contributed by atoms with van der Waals surface area (Å²) in [4.78, 5) is 0. The van der Waals surface area contributed by atoms with Crippen molar-refractivity contribution < 1.29 is 4.74 Å². The van der Waals surface area contributed by atoms with Crippen LogP contribution in [0, 0.1) is 0 Å². The van der Waals surface area contributed by atoms with Crippen molar-refractivity contribution in [3.63, 3.8) is 0 Å². The SMILES string of the molecule is C1=CC2=CCCOC2C=C1. The quantitative estimate of drug-likeness (QED) is 0.491. The van der Waals surface area contributed by atoms with E-state index in [9.17, 15) is 0 Å². The van der Waals surface area contributed by atoms with E-state index in [0.29, 0.717) is 0 Å². The Hall–Kier alpha value is -0.820. The lowest BCUT2D eigenvalue weighted by Crippen LogP contribution is -2.18. The van der Waals surface area contributed by atoms with Crippen LogP contribution in [0.25, 0.3) is 0 Å². The summed E-state index contributed by atoms with van der Waals surface area (Å²) < 4.78 is 5.48. The van der Waals surface area contributed by atoms with Crippen molar-refractivity contribution in [2.45, 2.75) is 12.5 Å². The average Bonchev–Trinajstić information content (AvgIpc) is 2.05. The predicted octanol–water partition coefficient (Wildman–Crippen LogP) is 1.83. The van der Waals surface area contributed by atoms with Crippen molar-refractivity contribution in [1.82, 2.24) is 0 Å². The second kappa shape index (κ2) is 2.43. The molecule has 1 atom stereocenters. The van der Waals surface area contributed by atoms with Gasteiger partial charge in [-0.3, -0.25) is 0 Å². The van der Waals surface area contributed by atoms with Gasteiger partial charge < -0.3 is 4.74 Å². The molecule has 0 N–H and O–H groups in total. The van der Waals surface area contributed by atoms with Crippen molar-refractivity contribution in [2.75, 3.05) is 6.61 Å². The van der Waals surface area contributed by atoms with Crippen LogP contribution in [0.3, 0.4) is 0 Å². The molecule has 0 aromatic heterocycles. The first-order chi connectivity index (χ1) is 4.97. The third-order valence-electron chi connectivity index (χ3n) is 1.81. The lowest BCUT2D eigenvalue weighted by molar-refractivity contribution is 0.104. The Labute approximate surface area is 60.7 Å². The summed E-state index contributed by atoms with van der Waals surface area (Å²) in [6.07, 6.45) is 11.8. The van der Waals surface area contributed by atoms with Crippen LogP contribution in [0.1, 0.15) is 6.42 Å². The van der Waals surface area contributed by atoms with Gasteiger partial charge in [0.2, 0.25) is 0 Å². The molecule has 1 aliphatic carbocycles. The molecule has 0 aromatic rings. The van der Waals surface area contributed by atoms with Crippen molar-refractivity contribution in [3.8, 4) is 0 Å². The van der Waals surface area contributed by atoms with Crippen molar-refractivity contribution in [2.24, 2.45) is 0 Å². The molecule has 10 heavy (non-hydrogen) atoms. The van der Waals surface area contributed by atoms with E-state index in [1.54, 1.807) is 0 Å². The van der Waals surface area contributed by atoms with Crippen LogP contribution >= 0.6 is 0 Å². The standard InChI is InChI=1S/C9H10O/c1-2-6-9-8(4-1)5-3-7-10-9/h1-2,4-6,9H,3,7H2. The summed E-state index contributed by atoms with van der Waals surface area (Å²) in [5.41, 5.74) is 1.31. The molecular formula is C9H10O. The van der Waals surface area contributed by atoms with E-state index in [0.717, 1.165) is 13.0 Å². The Morgan fingerprint density at radius 3 is 3.30 bits per heavy atom. The monoisotopic (exact) mass is 134 g/mol. The Morgan fingerprint density at radius 2 is 2.40 bits per heavy atom. The van der Waals surface area contributed by atoms with Crippen LogP contribution in [-0.2, 0) is 4.74 Å². The Morgan fingerprint density at radius 1 is 1.40 bits per heavy atom. The van der Waals surface area contributed by atoms with Gasteiger partial charge in [-0.15, -0.1) is 0 Å². The summed E-state index contributed by atoms with van der Waals surface area (Å²) >= 11 is 0. The molecule has 0 saturated carbocycles. The number of hydrogen-bond acceptors (Lipinski definition) is 1. The maximum Gasteiger partial charge on any atom is 0.101 e. The zero-order chi connectivity index (χ0) is 6.81. The first-order valence-electron chi connectivity index (χ1n) is 3.63. The van der Waals surface area contributed by atoms with Gasteiger partial charge in [0.15, 0.2) is 0 Å². The molecule has 0 radical (unpaired) electrons. The lowest BCUT2D eigenvalue weighted by Gasteiger charge is -2.21. The molecule has 1 aliphatic heterocycles. The normalized spacial score (nSPS) is 29.6. The average molecular weight is 134 g/mol. The minimum atomic E-state index is 0.249. The Kier molecular flexibility index (Phi) is 1.44. The molecule has 0 saturated heterocycles. The highest BCUT2D eigenvalue weighted by Crippen LogP contribution is 2.19. The summed E-state index contributed by atoms with van der Waals surface area (Å²) in [6, 6.07) is 0. The zero-order valence-electron chi connectivity index (χ0n) is 5.79. The Balaban J connectivity index is 2.27. The van der Waals surface area contributed by atoms with Gasteiger partial charge in [-0.2, -0.15) is 0 Å². The van der Waals surface area contributed by atoms with Crippen LogP contribution in [0.15, 0.2) is 36.0 Å². The van der Waals surface area contributed by atoms with Gasteiger partial charge in [-0.05, 0) is 12.0 Å². The first-order valence-corrected chi connectivity index (χ1v) is 3.63. The van der Waals surface area contributed by atoms with Gasteiger partial charge in [0.25, 0.3) is 0 Å². The fraction of sp³-hybridized carbons (Fsp3) is 0.333. The number of allylic oxidation sites excluding steroid dienone is 2. The Bertz CT molecular complexity index is 211. The number of fused-ring (bicyclic) bond motifs is 1. The largest absolute Gasteiger partial charge is 0.369 e. The number of ether oxygens (including phenoxy) is 1. The van der Waals surface area contributed by atoms with E-state index in [4.69, 9.17) is 4.74 Å². The number of rotatable bonds is 0. The van der Waals surface area contributed by atoms with Gasteiger partial charge in [0.1, 0.15) is 6.10 Å². The van der Waals surface area contributed by atoms with E-state index >= 15 is 0 Å². The van der Waals surface area contributed by atoms with Gasteiger partial charge in [0, 0.05) is 0 Å². The van der Waals surface area contributed by atoms with E-state index in [1.165, 1.54) is 5.57 Å². The fourth-order valence-corrected chi connectivity index (χ4v) is 1.29. The fourth-order valence-electron chi connectivity index (χ4n) is 1.29. The van der Waals surface area contributed by atoms with Crippen LogP contribution in [0.4, 0.5) is 0 Å². The molecule has 2 aliphatic rings. The molecular weight excluding hydrogens is 124 g/mol. The molecule has 2 rings (SSSR count). The van der Waals surface area contributed by atoms with E-state index in [-0.39, 0.29) is 6.10 Å². The van der Waals surface area contributed by atoms with Crippen molar-refractivity contribution in [3.05, 3.63) is 36.0 Å². The van der Waals surface area contributed by atoms with Crippen molar-refractivity contribution >= 4 is 0 Å². The molecule has 52 valence electrons. The third kappa shape index (κ3) is 0.929. The van der Waals surface area contributed by atoms with Gasteiger partial charge in [-0.25, -0.2) is 0 Å². The predicted molar refractivity (Wildman–Crippen MR) is 40.7 cm³/mol. The van der Waals surface area contributed by atoms with Gasteiger partial charge >= 0.3 is 0 Å². The highest BCUT2D eigenvalue weighted by atomic mass is 16.5. The van der Waals surface area contributed by atoms with Crippen LogP contribution < -0.4 is 0 Å². The molecule has 0 fully saturated rings. The molecule has 1 heteroatoms. The lowest BCUT2D eigenvalue weighted by atomic mass is 10.0. The first kappa shape index (κ1) is 5.93. The third-order valence-corrected chi connectivity index (χ3v) is 1.81. The highest BCUT2D eigenvalue weighted by molar-refractivity contribution is 5.35. The maximum absolute atomic E-state index is 5.48. The summed E-state index contributed by atoms with van der Waals surface area (Å²) in [5, 5.41) is 0. The molecule has 0 bridgehead atoms. The second-order valence-corrected chi connectivity index (χ2v) is 2.53. The molecule has 0 spiro atoms. The van der Waals surface area contributed by atoms with Crippen molar-refractivity contribution in [1.29, 1.82) is 0 Å². The zero-order valence-corrected chi connectivity index (χ0v) is 5.79. The second-order valence-electron chi connectivity index (χ2n) is 2.53. The van der Waals surface area contributed by atoms with E-state index in [2.05, 4.69) is 24.3 Å². The van der Waals surface area contributed by atoms with E-state index in [1.807, 2.05) is 6.08 Å². The summed E-state index contributed by atoms with van der Waals surface area (Å²) in [6.45, 7) is 0.867. The van der Waals surface area contributed by atoms with Gasteiger partial charge in [-0.1, -0.05) is 30.4 Å². The van der Waals surface area contributed by atoms with E-state index < -0.39 is 0 Å². The molecule has 1 heterocycles. The smallest absolute Gasteiger partial charge is 0.101 e. The molecule has 1 unspecified atom stereocenters. The van der Waals surface area contributed by atoms with Gasteiger partial charge in [0.05, 0.1) is 6.61 Å². The highest BCUT2D eigenvalue weighted by Gasteiger charge is 2.13. The molecule has 0 amide bonds.